The molecule has 1 amide bonds. The van der Waals surface area contributed by atoms with Crippen LogP contribution in [0.2, 0.25) is 0 Å². The summed E-state index contributed by atoms with van der Waals surface area (Å²) in [6, 6.07) is 0. The van der Waals surface area contributed by atoms with E-state index in [1.54, 1.807) is 0 Å². The van der Waals surface area contributed by atoms with E-state index < -0.39 is 0 Å². The van der Waals surface area contributed by atoms with Gasteiger partial charge in [0.2, 0.25) is 5.89 Å². The maximum absolute atomic E-state index is 12.5. The summed E-state index contributed by atoms with van der Waals surface area (Å²) in [7, 11) is 0. The number of thiazole rings is 1. The third-order valence-corrected chi connectivity index (χ3v) is 5.31. The van der Waals surface area contributed by atoms with E-state index in [1.165, 1.54) is 24.2 Å². The lowest BCUT2D eigenvalue weighted by molar-refractivity contribution is 0.0663. The summed E-state index contributed by atoms with van der Waals surface area (Å²) in [4.78, 5) is 23.3. The van der Waals surface area contributed by atoms with Crippen LogP contribution >= 0.6 is 11.3 Å². The quantitative estimate of drug-likeness (QED) is 0.861. The summed E-state index contributed by atoms with van der Waals surface area (Å²) in [5.74, 6) is 2.53. The van der Waals surface area contributed by atoms with Crippen molar-refractivity contribution in [1.29, 1.82) is 0 Å². The second kappa shape index (κ2) is 6.03. The van der Waals surface area contributed by atoms with E-state index >= 15 is 0 Å². The van der Waals surface area contributed by atoms with Gasteiger partial charge in [-0.15, -0.1) is 11.3 Å². The van der Waals surface area contributed by atoms with Gasteiger partial charge in [-0.3, -0.25) is 4.79 Å². The zero-order valence-electron chi connectivity index (χ0n) is 13.2. The molecular weight excluding hydrogens is 312 g/mol. The number of carbonyl (C=O) groups excluding carboxylic acids is 1. The molecule has 6 nitrogen and oxygen atoms in total. The molecule has 2 aromatic heterocycles. The Hall–Kier alpha value is -1.76. The number of aryl methyl sites for hydroxylation is 1. The zero-order valence-corrected chi connectivity index (χ0v) is 14.0. The third kappa shape index (κ3) is 3.29. The number of hydrogen-bond acceptors (Lipinski definition) is 6. The van der Waals surface area contributed by atoms with Crippen molar-refractivity contribution in [2.75, 3.05) is 13.1 Å². The van der Waals surface area contributed by atoms with E-state index in [1.807, 2.05) is 17.2 Å². The summed E-state index contributed by atoms with van der Waals surface area (Å²) >= 11 is 1.52. The summed E-state index contributed by atoms with van der Waals surface area (Å²) in [5, 5.41) is 6.85. The van der Waals surface area contributed by atoms with Crippen LogP contribution in [0.5, 0.6) is 0 Å². The van der Waals surface area contributed by atoms with Crippen molar-refractivity contribution in [3.8, 4) is 0 Å². The third-order valence-electron chi connectivity index (χ3n) is 4.53. The van der Waals surface area contributed by atoms with Crippen LogP contribution in [0.3, 0.4) is 0 Å². The first-order valence-corrected chi connectivity index (χ1v) is 9.11. The molecule has 7 heteroatoms. The number of aromatic nitrogens is 3. The second-order valence-electron chi connectivity index (χ2n) is 6.54. The molecule has 1 aliphatic heterocycles. The topological polar surface area (TPSA) is 72.1 Å². The zero-order chi connectivity index (χ0) is 15.8. The predicted octanol–water partition coefficient (Wildman–Crippen LogP) is 2.81. The monoisotopic (exact) mass is 332 g/mol. The van der Waals surface area contributed by atoms with Gasteiger partial charge in [0.25, 0.3) is 5.91 Å². The van der Waals surface area contributed by atoms with Gasteiger partial charge in [0.15, 0.2) is 5.82 Å². The normalized spacial score (nSPS) is 21.6. The van der Waals surface area contributed by atoms with Gasteiger partial charge in [-0.05, 0) is 38.5 Å². The molecule has 1 atom stereocenters. The van der Waals surface area contributed by atoms with E-state index in [9.17, 15) is 4.79 Å². The summed E-state index contributed by atoms with van der Waals surface area (Å²) in [6.07, 6.45) is 5.24. The molecule has 23 heavy (non-hydrogen) atoms. The molecule has 4 rings (SSSR count). The molecule has 1 saturated carbocycles. The predicted molar refractivity (Wildman–Crippen MR) is 85.5 cm³/mol. The lowest BCUT2D eigenvalue weighted by Crippen LogP contribution is -2.40. The highest BCUT2D eigenvalue weighted by molar-refractivity contribution is 7.09. The maximum atomic E-state index is 12.5. The van der Waals surface area contributed by atoms with Gasteiger partial charge in [-0.1, -0.05) is 5.16 Å². The number of likely N-dealkylation sites (tertiary alicyclic amines) is 1. The fourth-order valence-corrected chi connectivity index (χ4v) is 3.73. The summed E-state index contributed by atoms with van der Waals surface area (Å²) in [5.41, 5.74) is 0.571. The largest absolute Gasteiger partial charge is 0.339 e. The van der Waals surface area contributed by atoms with Crippen molar-refractivity contribution in [3.05, 3.63) is 27.8 Å². The molecule has 0 radical (unpaired) electrons. The molecule has 1 aliphatic carbocycles. The van der Waals surface area contributed by atoms with E-state index in [-0.39, 0.29) is 5.91 Å². The Morgan fingerprint density at radius 1 is 1.39 bits per heavy atom. The summed E-state index contributed by atoms with van der Waals surface area (Å²) in [6.45, 7) is 3.48. The number of piperidine rings is 1. The van der Waals surface area contributed by atoms with Crippen molar-refractivity contribution in [3.63, 3.8) is 0 Å². The molecule has 0 bridgehead atoms. The number of rotatable bonds is 4. The Morgan fingerprint density at radius 3 is 3.00 bits per heavy atom. The minimum atomic E-state index is 0.0447. The average Bonchev–Trinajstić information content (AvgIpc) is 3.16. The van der Waals surface area contributed by atoms with E-state index in [0.717, 1.165) is 49.1 Å². The van der Waals surface area contributed by atoms with Crippen LogP contribution in [0.4, 0.5) is 0 Å². The lowest BCUT2D eigenvalue weighted by Gasteiger charge is -2.31. The first kappa shape index (κ1) is 14.8. The van der Waals surface area contributed by atoms with Crippen molar-refractivity contribution in [2.24, 2.45) is 5.92 Å². The first-order chi connectivity index (χ1) is 11.2. The molecule has 2 aromatic rings. The Balaban J connectivity index is 1.39. The molecule has 2 aliphatic rings. The van der Waals surface area contributed by atoms with E-state index in [2.05, 4.69) is 15.1 Å². The van der Waals surface area contributed by atoms with Gasteiger partial charge in [0, 0.05) is 30.8 Å². The van der Waals surface area contributed by atoms with Gasteiger partial charge in [-0.2, -0.15) is 4.98 Å². The molecule has 0 N–H and O–H groups in total. The smallest absolute Gasteiger partial charge is 0.273 e. The molecule has 3 heterocycles. The Kier molecular flexibility index (Phi) is 3.88. The van der Waals surface area contributed by atoms with Crippen LogP contribution in [-0.2, 0) is 6.42 Å². The number of amides is 1. The van der Waals surface area contributed by atoms with Gasteiger partial charge < -0.3 is 9.42 Å². The van der Waals surface area contributed by atoms with Crippen LogP contribution in [0.25, 0.3) is 0 Å². The molecular formula is C16H20N4O2S. The standard InChI is InChI=1S/C16H20N4O2S/c1-10-17-13(9-23-10)16(21)20-6-2-3-11(8-20)7-14-18-15(19-22-14)12-4-5-12/h9,11-12H,2-8H2,1H3/t11-/m1/s1. The van der Waals surface area contributed by atoms with Crippen LogP contribution in [0, 0.1) is 12.8 Å². The number of nitrogens with zero attached hydrogens (tertiary/aromatic N) is 4. The minimum Gasteiger partial charge on any atom is -0.339 e. The molecule has 0 aromatic carbocycles. The van der Waals surface area contributed by atoms with Crippen LogP contribution in [0.15, 0.2) is 9.90 Å². The van der Waals surface area contributed by atoms with Crippen LogP contribution in [0.1, 0.15) is 58.8 Å². The van der Waals surface area contributed by atoms with Crippen LogP contribution in [-0.4, -0.2) is 39.0 Å². The van der Waals surface area contributed by atoms with Crippen LogP contribution < -0.4 is 0 Å². The van der Waals surface area contributed by atoms with Crippen molar-refractivity contribution < 1.29 is 9.32 Å². The average molecular weight is 332 g/mol. The maximum Gasteiger partial charge on any atom is 0.273 e. The fourth-order valence-electron chi connectivity index (χ4n) is 3.15. The number of hydrogen-bond donors (Lipinski definition) is 0. The fraction of sp³-hybridized carbons (Fsp3) is 0.625. The highest BCUT2D eigenvalue weighted by Crippen LogP contribution is 2.38. The Bertz CT molecular complexity index is 707. The van der Waals surface area contributed by atoms with Gasteiger partial charge >= 0.3 is 0 Å². The van der Waals surface area contributed by atoms with E-state index in [4.69, 9.17) is 4.52 Å². The highest BCUT2D eigenvalue weighted by atomic mass is 32.1. The second-order valence-corrected chi connectivity index (χ2v) is 7.60. The minimum absolute atomic E-state index is 0.0447. The Labute approximate surface area is 138 Å². The van der Waals surface area contributed by atoms with Gasteiger partial charge in [0.05, 0.1) is 5.01 Å². The van der Waals surface area contributed by atoms with Crippen molar-refractivity contribution in [2.45, 2.75) is 44.9 Å². The van der Waals surface area contributed by atoms with Gasteiger partial charge in [0.1, 0.15) is 5.69 Å². The molecule has 0 spiro atoms. The number of carbonyl (C=O) groups is 1. The molecule has 122 valence electrons. The van der Waals surface area contributed by atoms with Gasteiger partial charge in [-0.25, -0.2) is 4.98 Å². The Morgan fingerprint density at radius 2 is 2.26 bits per heavy atom. The lowest BCUT2D eigenvalue weighted by atomic mass is 9.94. The SMILES string of the molecule is Cc1nc(C(=O)N2CCC[C@H](Cc3nc(C4CC4)no3)C2)cs1. The van der Waals surface area contributed by atoms with Crippen molar-refractivity contribution >= 4 is 17.2 Å². The van der Waals surface area contributed by atoms with E-state index in [0.29, 0.717) is 17.5 Å². The first-order valence-electron chi connectivity index (χ1n) is 8.23. The van der Waals surface area contributed by atoms with Crippen molar-refractivity contribution in [1.82, 2.24) is 20.0 Å². The summed E-state index contributed by atoms with van der Waals surface area (Å²) < 4.78 is 5.38. The molecule has 2 fully saturated rings. The molecule has 0 unspecified atom stereocenters. The molecule has 1 saturated heterocycles. The highest BCUT2D eigenvalue weighted by Gasteiger charge is 2.30.